The van der Waals surface area contributed by atoms with Crippen LogP contribution in [0.3, 0.4) is 0 Å². The summed E-state index contributed by atoms with van der Waals surface area (Å²) < 4.78 is 11.4. The predicted octanol–water partition coefficient (Wildman–Crippen LogP) is 1.90. The molecule has 1 nitrogen and oxygen atoms in total. The largest absolute Gasteiger partial charge is 0.314 e. The van der Waals surface area contributed by atoms with Crippen molar-refractivity contribution < 1.29 is 4.21 Å². The highest BCUT2D eigenvalue weighted by Crippen LogP contribution is 2.27. The molecule has 0 aromatic rings. The Kier molecular flexibility index (Phi) is 2.50. The van der Waals surface area contributed by atoms with Crippen LogP contribution in [0.5, 0.6) is 0 Å². The molecule has 2 heteroatoms. The van der Waals surface area contributed by atoms with E-state index in [0.29, 0.717) is 10.5 Å². The molecular weight excluding hydrogens is 144 g/mol. The third-order valence-electron chi connectivity index (χ3n) is 2.06. The second-order valence-electron chi connectivity index (χ2n) is 3.32. The molecule has 0 aromatic heterocycles. The summed E-state index contributed by atoms with van der Waals surface area (Å²) in [4.78, 5) is 0. The van der Waals surface area contributed by atoms with Crippen molar-refractivity contribution >= 4 is 10.8 Å². The van der Waals surface area contributed by atoms with Crippen LogP contribution in [0.2, 0.25) is 0 Å². The molecule has 60 valence electrons. The lowest BCUT2D eigenvalue weighted by atomic mass is 10.00. The predicted molar refractivity (Wildman–Crippen MR) is 45.2 cm³/mol. The van der Waals surface area contributed by atoms with Gasteiger partial charge in [-0.15, -0.1) is 0 Å². The third-order valence-corrected chi connectivity index (χ3v) is 3.98. The van der Waals surface area contributed by atoms with Gasteiger partial charge in [0.2, 0.25) is 0 Å². The van der Waals surface area contributed by atoms with E-state index < -0.39 is 10.8 Å². The maximum absolute atomic E-state index is 11.4. The lowest BCUT2D eigenvalue weighted by Gasteiger charge is -2.38. The normalized spacial score (nSPS) is 43.7. The van der Waals surface area contributed by atoms with Gasteiger partial charge in [-0.25, -0.2) is 0 Å². The molecule has 2 unspecified atom stereocenters. The first-order valence-corrected chi connectivity index (χ1v) is 5.09. The Balaban J connectivity index is 2.57. The van der Waals surface area contributed by atoms with Gasteiger partial charge in [0.15, 0.2) is 0 Å². The molecule has 1 heterocycles. The number of hydrogen-bond donors (Lipinski definition) is 0. The summed E-state index contributed by atoms with van der Waals surface area (Å²) in [5, 5.41) is 0.785. The molecule has 10 heavy (non-hydrogen) atoms. The van der Waals surface area contributed by atoms with Crippen molar-refractivity contribution in [1.82, 2.24) is 0 Å². The summed E-state index contributed by atoms with van der Waals surface area (Å²) >= 11 is 0. The molecule has 1 fully saturated rings. The van der Waals surface area contributed by atoms with Crippen molar-refractivity contribution in [2.75, 3.05) is 0 Å². The molecule has 0 radical (unpaired) electrons. The first kappa shape index (κ1) is 8.25. The quantitative estimate of drug-likeness (QED) is 0.493. The second-order valence-corrected chi connectivity index (χ2v) is 5.58. The molecule has 0 aromatic carbocycles. The standard InChI is InChI=1S/C8H15OS/c1-6-4-7(2)10(9)8(3)5-6/h7-8H,4-5H2,1-3H3/q-1. The zero-order valence-electron chi connectivity index (χ0n) is 6.89. The van der Waals surface area contributed by atoms with Crippen LogP contribution in [0.4, 0.5) is 0 Å². The van der Waals surface area contributed by atoms with Crippen LogP contribution in [0.1, 0.15) is 33.6 Å². The zero-order valence-corrected chi connectivity index (χ0v) is 7.70. The van der Waals surface area contributed by atoms with Gasteiger partial charge in [0.05, 0.1) is 0 Å². The third kappa shape index (κ3) is 1.60. The lowest BCUT2D eigenvalue weighted by Crippen LogP contribution is -2.30. The van der Waals surface area contributed by atoms with Crippen LogP contribution in [0.25, 0.3) is 0 Å². The first-order valence-electron chi connectivity index (χ1n) is 3.82. The van der Waals surface area contributed by atoms with Gasteiger partial charge in [-0.1, -0.05) is 13.8 Å². The van der Waals surface area contributed by atoms with E-state index in [9.17, 15) is 4.21 Å². The topological polar surface area (TPSA) is 17.1 Å². The maximum atomic E-state index is 11.4. The monoisotopic (exact) mass is 159 g/mol. The molecule has 1 saturated heterocycles. The molecule has 1 aliphatic heterocycles. The molecule has 0 amide bonds. The van der Waals surface area contributed by atoms with Gasteiger partial charge in [0.1, 0.15) is 0 Å². The van der Waals surface area contributed by atoms with E-state index >= 15 is 0 Å². The molecule has 0 spiro atoms. The smallest absolute Gasteiger partial charge is 0.0216 e. The Morgan fingerprint density at radius 2 is 1.70 bits per heavy atom. The Labute approximate surface area is 65.7 Å². The Hall–Kier alpha value is 0.150. The van der Waals surface area contributed by atoms with Gasteiger partial charge in [0, 0.05) is 21.3 Å². The molecule has 1 rings (SSSR count). The van der Waals surface area contributed by atoms with Crippen molar-refractivity contribution in [3.05, 3.63) is 5.92 Å². The fourth-order valence-corrected chi connectivity index (χ4v) is 3.32. The van der Waals surface area contributed by atoms with Crippen molar-refractivity contribution in [2.45, 2.75) is 44.1 Å². The van der Waals surface area contributed by atoms with Crippen LogP contribution in [0.15, 0.2) is 0 Å². The van der Waals surface area contributed by atoms with Gasteiger partial charge < -0.3 is 5.92 Å². The minimum atomic E-state index is -0.571. The highest BCUT2D eigenvalue weighted by Gasteiger charge is 2.19. The van der Waals surface area contributed by atoms with Crippen LogP contribution in [-0.4, -0.2) is 14.7 Å². The SMILES string of the molecule is C[C-]1CC(C)S(=O)C(C)C1. The van der Waals surface area contributed by atoms with E-state index in [-0.39, 0.29) is 0 Å². The molecule has 0 aliphatic carbocycles. The summed E-state index contributed by atoms with van der Waals surface area (Å²) in [6, 6.07) is 0. The average molecular weight is 159 g/mol. The molecular formula is C8H15OS-. The van der Waals surface area contributed by atoms with E-state index in [2.05, 4.69) is 20.8 Å². The fourth-order valence-electron chi connectivity index (χ4n) is 1.63. The highest BCUT2D eigenvalue weighted by molar-refractivity contribution is 7.86. The number of hydrogen-bond acceptors (Lipinski definition) is 1. The van der Waals surface area contributed by atoms with E-state index in [0.717, 1.165) is 12.8 Å². The van der Waals surface area contributed by atoms with Crippen LogP contribution in [-0.2, 0) is 10.8 Å². The summed E-state index contributed by atoms with van der Waals surface area (Å²) in [6.45, 7) is 6.33. The minimum absolute atomic E-state index is 0.392. The van der Waals surface area contributed by atoms with Crippen LogP contribution < -0.4 is 0 Å². The second kappa shape index (κ2) is 3.04. The Bertz CT molecular complexity index is 130. The summed E-state index contributed by atoms with van der Waals surface area (Å²) in [5.41, 5.74) is 0. The first-order chi connectivity index (χ1) is 4.61. The highest BCUT2D eigenvalue weighted by atomic mass is 32.2. The zero-order chi connectivity index (χ0) is 7.72. The molecule has 2 atom stereocenters. The Morgan fingerprint density at radius 1 is 1.30 bits per heavy atom. The summed E-state index contributed by atoms with van der Waals surface area (Å²) in [5.74, 6) is 1.51. The van der Waals surface area contributed by atoms with Crippen molar-refractivity contribution in [3.8, 4) is 0 Å². The van der Waals surface area contributed by atoms with Gasteiger partial charge in [0.25, 0.3) is 0 Å². The summed E-state index contributed by atoms with van der Waals surface area (Å²) in [7, 11) is -0.571. The molecule has 0 saturated carbocycles. The van der Waals surface area contributed by atoms with Crippen molar-refractivity contribution in [3.63, 3.8) is 0 Å². The summed E-state index contributed by atoms with van der Waals surface area (Å²) in [6.07, 6.45) is 2.13. The molecule has 0 N–H and O–H groups in total. The fraction of sp³-hybridized carbons (Fsp3) is 0.875. The van der Waals surface area contributed by atoms with Crippen molar-refractivity contribution in [1.29, 1.82) is 0 Å². The average Bonchev–Trinajstić information content (AvgIpc) is 1.82. The van der Waals surface area contributed by atoms with E-state index in [1.54, 1.807) is 0 Å². The van der Waals surface area contributed by atoms with E-state index in [1.807, 2.05) is 0 Å². The van der Waals surface area contributed by atoms with Crippen molar-refractivity contribution in [2.24, 2.45) is 0 Å². The van der Waals surface area contributed by atoms with Gasteiger partial charge in [-0.3, -0.25) is 4.21 Å². The molecule has 0 bridgehead atoms. The van der Waals surface area contributed by atoms with E-state index in [4.69, 9.17) is 0 Å². The van der Waals surface area contributed by atoms with Gasteiger partial charge >= 0.3 is 0 Å². The lowest BCUT2D eigenvalue weighted by molar-refractivity contribution is 0.611. The minimum Gasteiger partial charge on any atom is -0.314 e. The number of rotatable bonds is 0. The van der Waals surface area contributed by atoms with Gasteiger partial charge in [-0.2, -0.15) is 19.8 Å². The van der Waals surface area contributed by atoms with Crippen LogP contribution in [0, 0.1) is 5.92 Å². The van der Waals surface area contributed by atoms with E-state index in [1.165, 1.54) is 5.92 Å². The van der Waals surface area contributed by atoms with Crippen LogP contribution >= 0.6 is 0 Å². The van der Waals surface area contributed by atoms with Gasteiger partial charge in [-0.05, 0) is 0 Å². The molecule has 1 aliphatic rings. The Morgan fingerprint density at radius 3 is 2.10 bits per heavy atom. The maximum Gasteiger partial charge on any atom is 0.0216 e.